The van der Waals surface area contributed by atoms with Gasteiger partial charge in [0, 0.05) is 35.0 Å². The van der Waals surface area contributed by atoms with Gasteiger partial charge in [-0.05, 0) is 49.9 Å². The molecule has 0 atom stereocenters. The number of aliphatic carboxylic acids is 1. The number of nitrogens with zero attached hydrogens (tertiary/aromatic N) is 2. The predicted molar refractivity (Wildman–Crippen MR) is 110 cm³/mol. The molecule has 1 saturated carbocycles. The number of hydrogen-bond donors (Lipinski definition) is 1. The van der Waals surface area contributed by atoms with Crippen molar-refractivity contribution >= 4 is 26.7 Å². The summed E-state index contributed by atoms with van der Waals surface area (Å²) in [6.07, 6.45) is 5.73. The third kappa shape index (κ3) is 4.00. The number of carboxylic acid groups (broad SMARTS) is 1. The number of fused-ring (bicyclic) bond motifs is 1. The molecule has 29 heavy (non-hydrogen) atoms. The summed E-state index contributed by atoms with van der Waals surface area (Å²) in [4.78, 5) is 20.9. The van der Waals surface area contributed by atoms with Gasteiger partial charge in [0.25, 0.3) is 0 Å². The standard InChI is InChI=1S/C22H22N2O4S/c1-29(27,28)18-6-2-4-16(12-18)21-20-17(5-3-11-23-20)13-19(24-21)14-7-9-15(10-8-14)22(25)26/h2-6,11-15H,7-10H2,1H3,(H,25,26). The van der Waals surface area contributed by atoms with E-state index in [-0.39, 0.29) is 16.7 Å². The first kappa shape index (κ1) is 19.5. The van der Waals surface area contributed by atoms with Crippen molar-refractivity contribution in [2.24, 2.45) is 5.92 Å². The lowest BCUT2D eigenvalue weighted by Gasteiger charge is -2.26. The Morgan fingerprint density at radius 1 is 1.07 bits per heavy atom. The quantitative estimate of drug-likeness (QED) is 0.697. The van der Waals surface area contributed by atoms with Crippen molar-refractivity contribution in [1.29, 1.82) is 0 Å². The highest BCUT2D eigenvalue weighted by atomic mass is 32.2. The van der Waals surface area contributed by atoms with Crippen molar-refractivity contribution in [2.45, 2.75) is 36.5 Å². The molecule has 7 heteroatoms. The van der Waals surface area contributed by atoms with Gasteiger partial charge in [-0.2, -0.15) is 0 Å². The highest BCUT2D eigenvalue weighted by Gasteiger charge is 2.28. The van der Waals surface area contributed by atoms with Crippen LogP contribution in [0.25, 0.3) is 22.2 Å². The average molecular weight is 410 g/mol. The van der Waals surface area contributed by atoms with Gasteiger partial charge in [0.15, 0.2) is 9.84 Å². The predicted octanol–water partition coefficient (Wildman–Crippen LogP) is 4.06. The largest absolute Gasteiger partial charge is 0.481 e. The Hall–Kier alpha value is -2.80. The van der Waals surface area contributed by atoms with Gasteiger partial charge in [-0.1, -0.05) is 18.2 Å². The van der Waals surface area contributed by atoms with Crippen molar-refractivity contribution in [1.82, 2.24) is 9.97 Å². The molecule has 2 heterocycles. The number of rotatable bonds is 4. The van der Waals surface area contributed by atoms with E-state index in [1.165, 1.54) is 6.26 Å². The lowest BCUT2D eigenvalue weighted by molar-refractivity contribution is -0.142. The van der Waals surface area contributed by atoms with Crippen molar-refractivity contribution in [3.05, 3.63) is 54.4 Å². The van der Waals surface area contributed by atoms with Crippen LogP contribution in [-0.2, 0) is 14.6 Å². The van der Waals surface area contributed by atoms with Crippen molar-refractivity contribution in [2.75, 3.05) is 6.26 Å². The zero-order valence-electron chi connectivity index (χ0n) is 16.1. The highest BCUT2D eigenvalue weighted by Crippen LogP contribution is 2.37. The number of aromatic nitrogens is 2. The summed E-state index contributed by atoms with van der Waals surface area (Å²) in [5.74, 6) is -0.816. The Labute approximate surface area is 169 Å². The molecule has 1 aromatic carbocycles. The molecule has 2 aromatic heterocycles. The summed E-state index contributed by atoms with van der Waals surface area (Å²) < 4.78 is 24.0. The zero-order valence-corrected chi connectivity index (χ0v) is 16.9. The Morgan fingerprint density at radius 3 is 2.52 bits per heavy atom. The third-order valence-electron chi connectivity index (χ3n) is 5.64. The van der Waals surface area contributed by atoms with Gasteiger partial charge < -0.3 is 5.11 Å². The lowest BCUT2D eigenvalue weighted by Crippen LogP contribution is -2.21. The number of sulfone groups is 1. The van der Waals surface area contributed by atoms with Crippen LogP contribution in [0.3, 0.4) is 0 Å². The fraction of sp³-hybridized carbons (Fsp3) is 0.318. The molecule has 1 aliphatic rings. The van der Waals surface area contributed by atoms with Crippen LogP contribution in [0, 0.1) is 5.92 Å². The average Bonchev–Trinajstić information content (AvgIpc) is 2.72. The first-order valence-electron chi connectivity index (χ1n) is 9.62. The van der Waals surface area contributed by atoms with Gasteiger partial charge in [0.05, 0.1) is 22.0 Å². The van der Waals surface area contributed by atoms with E-state index in [9.17, 15) is 18.3 Å². The summed E-state index contributed by atoms with van der Waals surface area (Å²) >= 11 is 0. The van der Waals surface area contributed by atoms with Crippen LogP contribution in [0.4, 0.5) is 0 Å². The van der Waals surface area contributed by atoms with E-state index in [0.29, 0.717) is 24.1 Å². The zero-order chi connectivity index (χ0) is 20.6. The van der Waals surface area contributed by atoms with Gasteiger partial charge in [-0.25, -0.2) is 8.42 Å². The van der Waals surface area contributed by atoms with Crippen LogP contribution in [0.2, 0.25) is 0 Å². The van der Waals surface area contributed by atoms with E-state index in [2.05, 4.69) is 4.98 Å². The molecule has 1 N–H and O–H groups in total. The number of benzene rings is 1. The number of hydrogen-bond acceptors (Lipinski definition) is 5. The first-order chi connectivity index (χ1) is 13.8. The summed E-state index contributed by atoms with van der Waals surface area (Å²) in [6, 6.07) is 12.6. The van der Waals surface area contributed by atoms with Gasteiger partial charge >= 0.3 is 5.97 Å². The molecule has 0 unspecified atom stereocenters. The summed E-state index contributed by atoms with van der Waals surface area (Å²) in [5, 5.41) is 10.2. The van der Waals surface area contributed by atoms with Crippen molar-refractivity contribution < 1.29 is 18.3 Å². The van der Waals surface area contributed by atoms with Crippen LogP contribution in [-0.4, -0.2) is 35.7 Å². The molecule has 0 aliphatic heterocycles. The van der Waals surface area contributed by atoms with Crippen LogP contribution < -0.4 is 0 Å². The second-order valence-corrected chi connectivity index (χ2v) is 9.67. The summed E-state index contributed by atoms with van der Waals surface area (Å²) in [5.41, 5.74) is 3.00. The van der Waals surface area contributed by atoms with Crippen LogP contribution in [0.5, 0.6) is 0 Å². The Kier molecular flexibility index (Phi) is 5.08. The Bertz CT molecular complexity index is 1180. The number of carbonyl (C=O) groups is 1. The SMILES string of the molecule is CS(=O)(=O)c1cccc(-c2nc(C3CCC(C(=O)O)CC3)cc3cccnc23)c1. The molecule has 0 amide bonds. The van der Waals surface area contributed by atoms with E-state index in [0.717, 1.165) is 29.4 Å². The molecule has 1 fully saturated rings. The molecular weight excluding hydrogens is 388 g/mol. The smallest absolute Gasteiger partial charge is 0.306 e. The van der Waals surface area contributed by atoms with Gasteiger partial charge in [-0.15, -0.1) is 0 Å². The first-order valence-corrected chi connectivity index (χ1v) is 11.5. The summed E-state index contributed by atoms with van der Waals surface area (Å²) in [7, 11) is -3.34. The van der Waals surface area contributed by atoms with E-state index >= 15 is 0 Å². The molecule has 0 bridgehead atoms. The fourth-order valence-electron chi connectivity index (χ4n) is 4.03. The van der Waals surface area contributed by atoms with Gasteiger partial charge in [-0.3, -0.25) is 14.8 Å². The fourth-order valence-corrected chi connectivity index (χ4v) is 4.69. The van der Waals surface area contributed by atoms with Crippen molar-refractivity contribution in [3.8, 4) is 11.3 Å². The molecule has 4 rings (SSSR count). The number of pyridine rings is 2. The molecule has 6 nitrogen and oxygen atoms in total. The minimum Gasteiger partial charge on any atom is -0.481 e. The minimum atomic E-state index is -3.34. The maximum atomic E-state index is 12.0. The van der Waals surface area contributed by atoms with E-state index < -0.39 is 15.8 Å². The summed E-state index contributed by atoms with van der Waals surface area (Å²) in [6.45, 7) is 0. The van der Waals surface area contributed by atoms with Crippen molar-refractivity contribution in [3.63, 3.8) is 0 Å². The van der Waals surface area contributed by atoms with E-state index in [4.69, 9.17) is 4.98 Å². The molecule has 0 spiro atoms. The monoisotopic (exact) mass is 410 g/mol. The van der Waals surface area contributed by atoms with Crippen LogP contribution in [0.15, 0.2) is 53.6 Å². The highest BCUT2D eigenvalue weighted by molar-refractivity contribution is 7.90. The maximum absolute atomic E-state index is 12.0. The maximum Gasteiger partial charge on any atom is 0.306 e. The second-order valence-electron chi connectivity index (χ2n) is 7.66. The minimum absolute atomic E-state index is 0.187. The molecule has 0 saturated heterocycles. The Balaban J connectivity index is 1.80. The topological polar surface area (TPSA) is 97.2 Å². The molecular formula is C22H22N2O4S. The van der Waals surface area contributed by atoms with Crippen LogP contribution >= 0.6 is 0 Å². The van der Waals surface area contributed by atoms with Crippen LogP contribution in [0.1, 0.15) is 37.3 Å². The molecule has 1 aliphatic carbocycles. The normalized spacial score (nSPS) is 19.9. The molecule has 150 valence electrons. The molecule has 0 radical (unpaired) electrons. The van der Waals surface area contributed by atoms with E-state index in [1.54, 1.807) is 24.4 Å². The Morgan fingerprint density at radius 2 is 1.83 bits per heavy atom. The van der Waals surface area contributed by atoms with Gasteiger partial charge in [0.1, 0.15) is 0 Å². The number of carboxylic acids is 1. The molecule has 3 aromatic rings. The second kappa shape index (κ2) is 7.55. The third-order valence-corrected chi connectivity index (χ3v) is 6.75. The lowest BCUT2D eigenvalue weighted by atomic mass is 9.80. The van der Waals surface area contributed by atoms with E-state index in [1.807, 2.05) is 24.3 Å². The van der Waals surface area contributed by atoms with Gasteiger partial charge in [0.2, 0.25) is 0 Å².